The topological polar surface area (TPSA) is 0 Å². The minimum atomic E-state index is 0.347. The predicted octanol–water partition coefficient (Wildman–Crippen LogP) is 4.68. The summed E-state index contributed by atoms with van der Waals surface area (Å²) in [6, 6.07) is 8.76. The summed E-state index contributed by atoms with van der Waals surface area (Å²) < 4.78 is 0. The Labute approximate surface area is 110 Å². The van der Waals surface area contributed by atoms with Crippen LogP contribution in [0.3, 0.4) is 0 Å². The van der Waals surface area contributed by atoms with Crippen molar-refractivity contribution in [1.29, 1.82) is 0 Å². The minimum Gasteiger partial charge on any atom is -0.179 e. The fourth-order valence-electron chi connectivity index (χ4n) is 1.41. The van der Waals surface area contributed by atoms with E-state index in [0.29, 0.717) is 11.3 Å². The summed E-state index contributed by atoms with van der Waals surface area (Å²) in [7, 11) is 0. The smallest absolute Gasteiger partial charge is 0.00722 e. The van der Waals surface area contributed by atoms with Crippen LogP contribution < -0.4 is 0 Å². The molecule has 0 aliphatic heterocycles. The molecule has 90 valence electrons. The lowest BCUT2D eigenvalue weighted by molar-refractivity contribution is 0.294. The zero-order valence-corrected chi connectivity index (χ0v) is 12.4. The highest BCUT2D eigenvalue weighted by atomic mass is 32.2. The average Bonchev–Trinajstić information content (AvgIpc) is 2.19. The molecule has 0 N–H and O–H groups in total. The van der Waals surface area contributed by atoms with Crippen molar-refractivity contribution < 1.29 is 0 Å². The van der Waals surface area contributed by atoms with E-state index < -0.39 is 0 Å². The number of aryl methyl sites for hydroxylation is 1. The van der Waals surface area contributed by atoms with Gasteiger partial charge in [-0.25, -0.2) is 0 Å². The average molecular weight is 254 g/mol. The van der Waals surface area contributed by atoms with Crippen LogP contribution in [0.5, 0.6) is 0 Å². The van der Waals surface area contributed by atoms with Crippen molar-refractivity contribution in [2.24, 2.45) is 11.3 Å². The van der Waals surface area contributed by atoms with Crippen molar-refractivity contribution in [2.45, 2.75) is 32.6 Å². The molecule has 2 heteroatoms. The van der Waals surface area contributed by atoms with E-state index in [1.54, 1.807) is 0 Å². The van der Waals surface area contributed by atoms with Gasteiger partial charge in [-0.3, -0.25) is 0 Å². The van der Waals surface area contributed by atoms with Crippen LogP contribution in [-0.4, -0.2) is 11.5 Å². The standard InChI is InChI=1S/C14H22S2/c1-11-5-7-13(8-6-11)16-10-12(9-15)14(2,3)4/h5-8,12,15H,9-10H2,1-4H3. The Hall–Kier alpha value is -0.0800. The van der Waals surface area contributed by atoms with Gasteiger partial charge in [-0.15, -0.1) is 11.8 Å². The van der Waals surface area contributed by atoms with Crippen LogP contribution >= 0.6 is 24.4 Å². The van der Waals surface area contributed by atoms with Gasteiger partial charge in [0.05, 0.1) is 0 Å². The maximum absolute atomic E-state index is 4.46. The maximum atomic E-state index is 4.46. The van der Waals surface area contributed by atoms with Gasteiger partial charge in [0.25, 0.3) is 0 Å². The Bertz CT molecular complexity index is 309. The summed E-state index contributed by atoms with van der Waals surface area (Å²) >= 11 is 6.40. The second-order valence-corrected chi connectivity index (χ2v) is 6.83. The van der Waals surface area contributed by atoms with Gasteiger partial charge in [-0.2, -0.15) is 12.6 Å². The van der Waals surface area contributed by atoms with E-state index in [0.717, 1.165) is 11.5 Å². The summed E-state index contributed by atoms with van der Waals surface area (Å²) in [5.41, 5.74) is 1.67. The highest BCUT2D eigenvalue weighted by molar-refractivity contribution is 7.99. The predicted molar refractivity (Wildman–Crippen MR) is 78.7 cm³/mol. The van der Waals surface area contributed by atoms with Gasteiger partial charge in [0.2, 0.25) is 0 Å². The first-order valence-electron chi connectivity index (χ1n) is 5.74. The zero-order valence-electron chi connectivity index (χ0n) is 10.7. The molecule has 16 heavy (non-hydrogen) atoms. The molecule has 0 fully saturated rings. The molecule has 0 aliphatic carbocycles. The first-order chi connectivity index (χ1) is 7.43. The summed E-state index contributed by atoms with van der Waals surface area (Å²) in [5, 5.41) is 0. The second kappa shape index (κ2) is 6.02. The number of thiol groups is 1. The normalized spacial score (nSPS) is 13.8. The van der Waals surface area contributed by atoms with E-state index in [9.17, 15) is 0 Å². The Morgan fingerprint density at radius 2 is 1.75 bits per heavy atom. The quantitative estimate of drug-likeness (QED) is 0.601. The van der Waals surface area contributed by atoms with E-state index in [1.807, 2.05) is 11.8 Å². The van der Waals surface area contributed by atoms with Gasteiger partial charge in [0, 0.05) is 10.6 Å². The fraction of sp³-hybridized carbons (Fsp3) is 0.571. The Kier molecular flexibility index (Phi) is 5.26. The minimum absolute atomic E-state index is 0.347. The monoisotopic (exact) mass is 254 g/mol. The molecular weight excluding hydrogens is 232 g/mol. The van der Waals surface area contributed by atoms with Crippen LogP contribution in [0.4, 0.5) is 0 Å². The Balaban J connectivity index is 2.53. The van der Waals surface area contributed by atoms with Crippen LogP contribution in [0.15, 0.2) is 29.2 Å². The van der Waals surface area contributed by atoms with Gasteiger partial charge in [0.15, 0.2) is 0 Å². The molecule has 0 saturated heterocycles. The van der Waals surface area contributed by atoms with Gasteiger partial charge in [-0.1, -0.05) is 38.5 Å². The van der Waals surface area contributed by atoms with Crippen molar-refractivity contribution in [3.05, 3.63) is 29.8 Å². The van der Waals surface area contributed by atoms with Crippen LogP contribution in [0.25, 0.3) is 0 Å². The Morgan fingerprint density at radius 1 is 1.19 bits per heavy atom. The zero-order chi connectivity index (χ0) is 12.2. The van der Waals surface area contributed by atoms with E-state index in [4.69, 9.17) is 0 Å². The molecule has 0 amide bonds. The van der Waals surface area contributed by atoms with E-state index in [2.05, 4.69) is 64.6 Å². The molecule has 1 atom stereocenters. The fourth-order valence-corrected chi connectivity index (χ4v) is 3.60. The first-order valence-corrected chi connectivity index (χ1v) is 7.35. The number of thioether (sulfide) groups is 1. The first kappa shape index (κ1) is 14.0. The van der Waals surface area contributed by atoms with Crippen LogP contribution in [0.1, 0.15) is 26.3 Å². The second-order valence-electron chi connectivity index (χ2n) is 5.37. The molecular formula is C14H22S2. The van der Waals surface area contributed by atoms with Crippen LogP contribution in [0.2, 0.25) is 0 Å². The summed E-state index contributed by atoms with van der Waals surface area (Å²) in [4.78, 5) is 1.36. The highest BCUT2D eigenvalue weighted by Crippen LogP contribution is 2.32. The number of benzene rings is 1. The molecule has 0 aromatic heterocycles. The molecule has 0 nitrogen and oxygen atoms in total. The molecule has 0 radical (unpaired) electrons. The van der Waals surface area contributed by atoms with Crippen molar-refractivity contribution in [2.75, 3.05) is 11.5 Å². The van der Waals surface area contributed by atoms with Gasteiger partial charge in [-0.05, 0) is 36.1 Å². The van der Waals surface area contributed by atoms with Crippen LogP contribution in [-0.2, 0) is 0 Å². The van der Waals surface area contributed by atoms with Crippen molar-refractivity contribution in [3.63, 3.8) is 0 Å². The van der Waals surface area contributed by atoms with Gasteiger partial charge < -0.3 is 0 Å². The van der Waals surface area contributed by atoms with Crippen molar-refractivity contribution in [1.82, 2.24) is 0 Å². The third-order valence-corrected chi connectivity index (χ3v) is 4.53. The van der Waals surface area contributed by atoms with Crippen molar-refractivity contribution >= 4 is 24.4 Å². The SMILES string of the molecule is Cc1ccc(SCC(CS)C(C)(C)C)cc1. The third kappa shape index (κ3) is 4.42. The summed E-state index contributed by atoms with van der Waals surface area (Å²) in [5.74, 6) is 2.76. The molecule has 0 bridgehead atoms. The number of hydrogen-bond donors (Lipinski definition) is 1. The molecule has 1 aromatic carbocycles. The van der Waals surface area contributed by atoms with E-state index in [1.165, 1.54) is 10.5 Å². The Morgan fingerprint density at radius 3 is 2.19 bits per heavy atom. The molecule has 1 aromatic rings. The van der Waals surface area contributed by atoms with E-state index in [-0.39, 0.29) is 0 Å². The summed E-state index contributed by atoms with van der Waals surface area (Å²) in [6.07, 6.45) is 0. The third-order valence-electron chi connectivity index (χ3n) is 2.92. The molecule has 0 aliphatic rings. The molecule has 0 heterocycles. The van der Waals surface area contributed by atoms with Crippen LogP contribution in [0, 0.1) is 18.3 Å². The van der Waals surface area contributed by atoms with E-state index >= 15 is 0 Å². The van der Waals surface area contributed by atoms with Crippen molar-refractivity contribution in [3.8, 4) is 0 Å². The summed E-state index contributed by atoms with van der Waals surface area (Å²) in [6.45, 7) is 9.01. The largest absolute Gasteiger partial charge is 0.179 e. The lowest BCUT2D eigenvalue weighted by atomic mass is 9.83. The lowest BCUT2D eigenvalue weighted by Gasteiger charge is -2.29. The molecule has 0 spiro atoms. The maximum Gasteiger partial charge on any atom is 0.00722 e. The highest BCUT2D eigenvalue weighted by Gasteiger charge is 2.23. The molecule has 1 rings (SSSR count). The lowest BCUT2D eigenvalue weighted by Crippen LogP contribution is -2.24. The van der Waals surface area contributed by atoms with Gasteiger partial charge >= 0.3 is 0 Å². The molecule has 1 unspecified atom stereocenters. The number of hydrogen-bond acceptors (Lipinski definition) is 2. The molecule has 0 saturated carbocycles. The number of rotatable bonds is 4. The van der Waals surface area contributed by atoms with Gasteiger partial charge in [0.1, 0.15) is 0 Å².